The molecule has 1 heterocycles. The molecule has 0 spiro atoms. The number of non-ortho nitro benzene ring substituents is 1. The number of fused-ring (bicyclic) bond motifs is 1. The summed E-state index contributed by atoms with van der Waals surface area (Å²) < 4.78 is 11.3. The largest absolute Gasteiger partial charge is 0.493 e. The highest BCUT2D eigenvalue weighted by Crippen LogP contribution is 2.37. The molecule has 0 aliphatic heterocycles. The van der Waals surface area contributed by atoms with Crippen LogP contribution >= 0.6 is 15.9 Å². The summed E-state index contributed by atoms with van der Waals surface area (Å²) in [6, 6.07) is 16.4. The molecule has 1 N–H and O–H groups in total. The van der Waals surface area contributed by atoms with Crippen LogP contribution in [-0.4, -0.2) is 29.9 Å². The lowest BCUT2D eigenvalue weighted by Gasteiger charge is -2.12. The van der Waals surface area contributed by atoms with Crippen LogP contribution in [0.5, 0.6) is 11.5 Å². The number of aromatic nitrogens is 1. The van der Waals surface area contributed by atoms with Gasteiger partial charge < -0.3 is 14.5 Å². The van der Waals surface area contributed by atoms with Crippen LogP contribution in [0, 0.1) is 10.1 Å². The van der Waals surface area contributed by atoms with Crippen molar-refractivity contribution < 1.29 is 19.2 Å². The lowest BCUT2D eigenvalue weighted by molar-refractivity contribution is -0.384. The molecule has 8 nitrogen and oxygen atoms in total. The Balaban J connectivity index is 1.89. The average Bonchev–Trinajstić information content (AvgIpc) is 2.86. The Labute approximate surface area is 208 Å². The Kier molecular flexibility index (Phi) is 6.79. The van der Waals surface area contributed by atoms with Gasteiger partial charge in [-0.3, -0.25) is 19.7 Å². The van der Waals surface area contributed by atoms with E-state index >= 15 is 0 Å². The maximum Gasteiger partial charge on any atom is 0.270 e. The van der Waals surface area contributed by atoms with Gasteiger partial charge in [0.05, 0.1) is 29.2 Å². The van der Waals surface area contributed by atoms with Crippen LogP contribution in [0.4, 0.5) is 5.69 Å². The van der Waals surface area contributed by atoms with Crippen molar-refractivity contribution in [1.82, 2.24) is 4.98 Å². The number of benzene rings is 3. The molecule has 3 aromatic carbocycles. The number of hydrogen-bond acceptors (Lipinski definition) is 6. The van der Waals surface area contributed by atoms with Gasteiger partial charge >= 0.3 is 0 Å². The summed E-state index contributed by atoms with van der Waals surface area (Å²) in [7, 11) is 3.02. The number of methoxy groups -OCH3 is 2. The molecular formula is C26H19BrN2O6. The summed E-state index contributed by atoms with van der Waals surface area (Å²) in [5.41, 5.74) is 1.10. The van der Waals surface area contributed by atoms with Crippen LogP contribution < -0.4 is 15.0 Å². The van der Waals surface area contributed by atoms with Gasteiger partial charge in [0, 0.05) is 28.6 Å². The standard InChI is InChI=1S/C26H19BrN2O6/c1-34-22-13-15(12-19(27)25(22)35-2)8-11-21(30)24-23(16-6-4-3-5-7-16)18-14-17(29(32)33)9-10-20(18)28-26(24)31/h3-14H,1-2H3,(H,28,31). The maximum absolute atomic E-state index is 13.3. The van der Waals surface area contributed by atoms with Gasteiger partial charge in [-0.15, -0.1) is 0 Å². The first kappa shape index (κ1) is 23.9. The van der Waals surface area contributed by atoms with E-state index in [0.29, 0.717) is 43.6 Å². The van der Waals surface area contributed by atoms with E-state index in [9.17, 15) is 19.7 Å². The molecule has 0 fully saturated rings. The Hall–Kier alpha value is -4.24. The van der Waals surface area contributed by atoms with Gasteiger partial charge in [0.25, 0.3) is 11.2 Å². The lowest BCUT2D eigenvalue weighted by Crippen LogP contribution is -2.18. The van der Waals surface area contributed by atoms with E-state index < -0.39 is 16.3 Å². The summed E-state index contributed by atoms with van der Waals surface area (Å²) in [5, 5.41) is 11.8. The van der Waals surface area contributed by atoms with E-state index in [2.05, 4.69) is 20.9 Å². The van der Waals surface area contributed by atoms with Crippen LogP contribution in [0.1, 0.15) is 15.9 Å². The fourth-order valence-corrected chi connectivity index (χ4v) is 4.45. The number of H-pyrrole nitrogens is 1. The lowest BCUT2D eigenvalue weighted by atomic mass is 9.93. The Morgan fingerprint density at radius 1 is 1.06 bits per heavy atom. The molecule has 0 aliphatic rings. The maximum atomic E-state index is 13.3. The molecule has 176 valence electrons. The van der Waals surface area contributed by atoms with Crippen LogP contribution in [0.2, 0.25) is 0 Å². The molecule has 0 saturated carbocycles. The van der Waals surface area contributed by atoms with Crippen molar-refractivity contribution in [2.24, 2.45) is 0 Å². The average molecular weight is 535 g/mol. The van der Waals surface area contributed by atoms with Gasteiger partial charge in [0.2, 0.25) is 0 Å². The number of pyridine rings is 1. The number of halogens is 1. The smallest absolute Gasteiger partial charge is 0.270 e. The summed E-state index contributed by atoms with van der Waals surface area (Å²) >= 11 is 3.42. The van der Waals surface area contributed by atoms with Gasteiger partial charge in [-0.05, 0) is 51.3 Å². The number of carbonyl (C=O) groups excluding carboxylic acids is 1. The molecule has 0 amide bonds. The van der Waals surface area contributed by atoms with Crippen LogP contribution in [0.15, 0.2) is 76.0 Å². The number of nitrogens with one attached hydrogen (secondary N) is 1. The number of carbonyl (C=O) groups is 1. The van der Waals surface area contributed by atoms with Crippen molar-refractivity contribution in [3.05, 3.63) is 103 Å². The molecule has 0 bridgehead atoms. The molecule has 4 rings (SSSR count). The summed E-state index contributed by atoms with van der Waals surface area (Å²) in [5.74, 6) is 0.425. The fourth-order valence-electron chi connectivity index (χ4n) is 3.82. The zero-order valence-corrected chi connectivity index (χ0v) is 20.3. The van der Waals surface area contributed by atoms with E-state index in [4.69, 9.17) is 9.47 Å². The molecule has 0 unspecified atom stereocenters. The van der Waals surface area contributed by atoms with E-state index in [1.807, 2.05) is 0 Å². The number of hydrogen-bond donors (Lipinski definition) is 1. The molecule has 0 saturated heterocycles. The van der Waals surface area contributed by atoms with E-state index in [-0.39, 0.29) is 11.3 Å². The third-order valence-corrected chi connectivity index (χ3v) is 5.99. The molecule has 35 heavy (non-hydrogen) atoms. The summed E-state index contributed by atoms with van der Waals surface area (Å²) in [6.45, 7) is 0. The second-order valence-corrected chi connectivity index (χ2v) is 8.35. The predicted octanol–water partition coefficient (Wildman–Crippen LogP) is 5.78. The van der Waals surface area contributed by atoms with Gasteiger partial charge in [-0.2, -0.15) is 0 Å². The summed E-state index contributed by atoms with van der Waals surface area (Å²) in [4.78, 5) is 40.0. The SMILES string of the molecule is COc1cc(C=CC(=O)c2c(-c3ccccc3)c3cc([N+](=O)[O-])ccc3[nH]c2=O)cc(Br)c1OC. The van der Waals surface area contributed by atoms with Crippen molar-refractivity contribution in [2.45, 2.75) is 0 Å². The number of ether oxygens (including phenoxy) is 2. The molecule has 0 radical (unpaired) electrons. The first-order chi connectivity index (χ1) is 16.8. The van der Waals surface area contributed by atoms with Gasteiger partial charge in [0.1, 0.15) is 0 Å². The van der Waals surface area contributed by atoms with Crippen LogP contribution in [0.3, 0.4) is 0 Å². The van der Waals surface area contributed by atoms with E-state index in [0.717, 1.165) is 0 Å². The second kappa shape index (κ2) is 9.94. The van der Waals surface area contributed by atoms with Gasteiger partial charge in [-0.1, -0.05) is 36.4 Å². The quantitative estimate of drug-likeness (QED) is 0.139. The Morgan fingerprint density at radius 3 is 2.46 bits per heavy atom. The first-order valence-corrected chi connectivity index (χ1v) is 11.2. The minimum absolute atomic E-state index is 0.111. The summed E-state index contributed by atoms with van der Waals surface area (Å²) in [6.07, 6.45) is 2.84. The second-order valence-electron chi connectivity index (χ2n) is 7.49. The molecule has 9 heteroatoms. The van der Waals surface area contributed by atoms with Crippen molar-refractivity contribution in [1.29, 1.82) is 0 Å². The predicted molar refractivity (Wildman–Crippen MR) is 137 cm³/mol. The van der Waals surface area contributed by atoms with Crippen molar-refractivity contribution in [3.63, 3.8) is 0 Å². The highest BCUT2D eigenvalue weighted by atomic mass is 79.9. The molecule has 1 aromatic heterocycles. The first-order valence-electron chi connectivity index (χ1n) is 10.4. The van der Waals surface area contributed by atoms with Crippen LogP contribution in [0.25, 0.3) is 28.1 Å². The van der Waals surface area contributed by atoms with E-state index in [1.165, 1.54) is 38.5 Å². The number of nitro groups is 1. The fraction of sp³-hybridized carbons (Fsp3) is 0.0769. The number of aromatic amines is 1. The number of nitrogens with zero attached hydrogens (tertiary/aromatic N) is 1. The molecule has 4 aromatic rings. The van der Waals surface area contributed by atoms with Crippen LogP contribution in [-0.2, 0) is 0 Å². The highest BCUT2D eigenvalue weighted by molar-refractivity contribution is 9.10. The van der Waals surface area contributed by atoms with E-state index in [1.54, 1.807) is 48.5 Å². The molecular weight excluding hydrogens is 516 g/mol. The monoisotopic (exact) mass is 534 g/mol. The van der Waals surface area contributed by atoms with Gasteiger partial charge in [-0.25, -0.2) is 0 Å². The van der Waals surface area contributed by atoms with Gasteiger partial charge in [0.15, 0.2) is 17.3 Å². The minimum Gasteiger partial charge on any atom is -0.493 e. The van der Waals surface area contributed by atoms with Crippen molar-refractivity contribution >= 4 is 44.4 Å². The zero-order chi connectivity index (χ0) is 25.1. The normalized spacial score (nSPS) is 11.1. The number of allylic oxidation sites excluding steroid dienone is 1. The zero-order valence-electron chi connectivity index (χ0n) is 18.7. The Bertz CT molecular complexity index is 1540. The Morgan fingerprint density at radius 2 is 1.80 bits per heavy atom. The topological polar surface area (TPSA) is 112 Å². The third-order valence-electron chi connectivity index (χ3n) is 5.40. The number of ketones is 1. The number of nitro benzene ring substituents is 1. The molecule has 0 atom stereocenters. The highest BCUT2D eigenvalue weighted by Gasteiger charge is 2.21. The minimum atomic E-state index is -0.589. The third kappa shape index (κ3) is 4.71. The van der Waals surface area contributed by atoms with Crippen molar-refractivity contribution in [2.75, 3.05) is 14.2 Å². The number of rotatable bonds is 7. The van der Waals surface area contributed by atoms with Crippen molar-refractivity contribution in [3.8, 4) is 22.6 Å². The molecule has 0 aliphatic carbocycles.